The lowest BCUT2D eigenvalue weighted by Crippen LogP contribution is -2.42. The van der Waals surface area contributed by atoms with E-state index in [4.69, 9.17) is 11.5 Å². The summed E-state index contributed by atoms with van der Waals surface area (Å²) in [5, 5.41) is 2.74. The standard InChI is InChI=1S/C30H26F2N4O3/c1-18(19-6-8-20(9-7-19)29(38)35-26-5-3-2-4-25(26)33)27(28(34)37)30(39)36(23-14-10-21(31)11-15-23)24-16-12-22(32)13-17-24/h2-18,27H,33H2,1H3,(H2,34,37)(H,35,38). The van der Waals surface area contributed by atoms with Crippen LogP contribution in [0.4, 0.5) is 31.5 Å². The van der Waals surface area contributed by atoms with Crippen molar-refractivity contribution in [1.29, 1.82) is 0 Å². The van der Waals surface area contributed by atoms with Crippen LogP contribution in [0.25, 0.3) is 0 Å². The summed E-state index contributed by atoms with van der Waals surface area (Å²) in [4.78, 5) is 40.4. The lowest BCUT2D eigenvalue weighted by molar-refractivity contribution is -0.132. The van der Waals surface area contributed by atoms with Crippen LogP contribution in [0.1, 0.15) is 28.8 Å². The molecule has 4 aromatic carbocycles. The van der Waals surface area contributed by atoms with Crippen LogP contribution in [0, 0.1) is 17.6 Å². The van der Waals surface area contributed by atoms with Gasteiger partial charge in [-0.1, -0.05) is 31.2 Å². The number of benzene rings is 4. The van der Waals surface area contributed by atoms with Crippen LogP contribution in [0.15, 0.2) is 97.1 Å². The second kappa shape index (κ2) is 11.6. The molecule has 2 unspecified atom stereocenters. The highest BCUT2D eigenvalue weighted by molar-refractivity contribution is 6.11. The van der Waals surface area contributed by atoms with Crippen molar-refractivity contribution in [3.05, 3.63) is 120 Å². The number of carbonyl (C=O) groups is 3. The number of carbonyl (C=O) groups excluding carboxylic acids is 3. The molecule has 9 heteroatoms. The molecule has 0 saturated heterocycles. The smallest absolute Gasteiger partial charge is 0.255 e. The highest BCUT2D eigenvalue weighted by Crippen LogP contribution is 2.33. The molecular formula is C30H26F2N4O3. The van der Waals surface area contributed by atoms with Gasteiger partial charge in [0.25, 0.3) is 5.91 Å². The number of nitrogen functional groups attached to an aromatic ring is 1. The number of nitrogens with one attached hydrogen (secondary N) is 1. The van der Waals surface area contributed by atoms with E-state index in [2.05, 4.69) is 5.32 Å². The van der Waals surface area contributed by atoms with Gasteiger partial charge in [-0.05, 0) is 78.4 Å². The minimum Gasteiger partial charge on any atom is -0.397 e. The first kappa shape index (κ1) is 27.0. The van der Waals surface area contributed by atoms with Crippen molar-refractivity contribution < 1.29 is 23.2 Å². The monoisotopic (exact) mass is 528 g/mol. The van der Waals surface area contributed by atoms with E-state index in [0.29, 0.717) is 22.5 Å². The molecule has 0 heterocycles. The maximum atomic E-state index is 13.8. The molecule has 0 aliphatic rings. The van der Waals surface area contributed by atoms with E-state index in [9.17, 15) is 23.2 Å². The summed E-state index contributed by atoms with van der Waals surface area (Å²) in [6.07, 6.45) is 0. The van der Waals surface area contributed by atoms with Gasteiger partial charge in [0.2, 0.25) is 11.8 Å². The van der Waals surface area contributed by atoms with E-state index in [-0.39, 0.29) is 17.3 Å². The van der Waals surface area contributed by atoms with Gasteiger partial charge in [0.1, 0.15) is 17.6 Å². The average Bonchev–Trinajstić information content (AvgIpc) is 2.92. The Bertz CT molecular complexity index is 1440. The molecule has 5 N–H and O–H groups in total. The summed E-state index contributed by atoms with van der Waals surface area (Å²) < 4.78 is 27.2. The molecule has 3 amide bonds. The number of nitrogens with zero attached hydrogens (tertiary/aromatic N) is 1. The number of hydrogen-bond acceptors (Lipinski definition) is 4. The maximum Gasteiger partial charge on any atom is 0.255 e. The number of hydrogen-bond donors (Lipinski definition) is 3. The summed E-state index contributed by atoms with van der Waals surface area (Å²) in [6, 6.07) is 23.5. The van der Waals surface area contributed by atoms with Crippen molar-refractivity contribution in [2.75, 3.05) is 16.0 Å². The average molecular weight is 529 g/mol. The molecule has 0 bridgehead atoms. The zero-order valence-corrected chi connectivity index (χ0v) is 21.0. The Morgan fingerprint density at radius 1 is 0.769 bits per heavy atom. The van der Waals surface area contributed by atoms with E-state index in [1.165, 1.54) is 53.4 Å². The van der Waals surface area contributed by atoms with Gasteiger partial charge in [0.15, 0.2) is 0 Å². The van der Waals surface area contributed by atoms with Gasteiger partial charge in [-0.3, -0.25) is 19.3 Å². The SMILES string of the molecule is CC(c1ccc(C(=O)Nc2ccccc2N)cc1)C(C(N)=O)C(=O)N(c1ccc(F)cc1)c1ccc(F)cc1. The largest absolute Gasteiger partial charge is 0.397 e. The number of halogens is 2. The Labute approximate surface area is 224 Å². The second-order valence-corrected chi connectivity index (χ2v) is 8.96. The summed E-state index contributed by atoms with van der Waals surface area (Å²) in [7, 11) is 0. The fourth-order valence-electron chi connectivity index (χ4n) is 4.24. The topological polar surface area (TPSA) is 119 Å². The van der Waals surface area contributed by atoms with E-state index >= 15 is 0 Å². The van der Waals surface area contributed by atoms with E-state index in [0.717, 1.165) is 0 Å². The first-order valence-electron chi connectivity index (χ1n) is 12.1. The molecule has 2 atom stereocenters. The fourth-order valence-corrected chi connectivity index (χ4v) is 4.24. The molecule has 0 aliphatic carbocycles. The van der Waals surface area contributed by atoms with Crippen molar-refractivity contribution in [2.45, 2.75) is 12.8 Å². The first-order valence-corrected chi connectivity index (χ1v) is 12.1. The summed E-state index contributed by atoms with van der Waals surface area (Å²) in [6.45, 7) is 1.67. The minimum absolute atomic E-state index is 0.277. The quantitative estimate of drug-likeness (QED) is 0.210. The molecule has 198 valence electrons. The van der Waals surface area contributed by atoms with Crippen molar-refractivity contribution in [1.82, 2.24) is 0 Å². The van der Waals surface area contributed by atoms with Gasteiger partial charge >= 0.3 is 0 Å². The van der Waals surface area contributed by atoms with Gasteiger partial charge < -0.3 is 16.8 Å². The van der Waals surface area contributed by atoms with Crippen LogP contribution in [0.3, 0.4) is 0 Å². The van der Waals surface area contributed by atoms with Crippen molar-refractivity contribution in [3.63, 3.8) is 0 Å². The Kier molecular flexibility index (Phi) is 8.00. The van der Waals surface area contributed by atoms with E-state index in [1.807, 2.05) is 0 Å². The second-order valence-electron chi connectivity index (χ2n) is 8.96. The van der Waals surface area contributed by atoms with Crippen LogP contribution in [0.5, 0.6) is 0 Å². The highest BCUT2D eigenvalue weighted by Gasteiger charge is 2.36. The highest BCUT2D eigenvalue weighted by atomic mass is 19.1. The van der Waals surface area contributed by atoms with Crippen molar-refractivity contribution >= 4 is 40.5 Å². The molecule has 0 aromatic heterocycles. The van der Waals surface area contributed by atoms with Crippen molar-refractivity contribution in [2.24, 2.45) is 11.7 Å². The van der Waals surface area contributed by atoms with Gasteiger partial charge in [0.05, 0.1) is 11.4 Å². The zero-order chi connectivity index (χ0) is 28.1. The van der Waals surface area contributed by atoms with Gasteiger partial charge in [-0.25, -0.2) is 8.78 Å². The van der Waals surface area contributed by atoms with Gasteiger partial charge in [0, 0.05) is 22.9 Å². The van der Waals surface area contributed by atoms with Crippen LogP contribution in [0.2, 0.25) is 0 Å². The molecular weight excluding hydrogens is 502 g/mol. The molecule has 0 spiro atoms. The van der Waals surface area contributed by atoms with Crippen LogP contribution in [-0.4, -0.2) is 17.7 Å². The molecule has 4 rings (SSSR count). The van der Waals surface area contributed by atoms with Crippen molar-refractivity contribution in [3.8, 4) is 0 Å². The molecule has 0 aliphatic heterocycles. The predicted octanol–water partition coefficient (Wildman–Crippen LogP) is 5.37. The zero-order valence-electron chi connectivity index (χ0n) is 21.0. The molecule has 0 saturated carbocycles. The summed E-state index contributed by atoms with van der Waals surface area (Å²) in [5.41, 5.74) is 14.0. The first-order chi connectivity index (χ1) is 18.7. The number of nitrogens with two attached hydrogens (primary N) is 2. The Morgan fingerprint density at radius 3 is 1.77 bits per heavy atom. The third-order valence-corrected chi connectivity index (χ3v) is 6.37. The third-order valence-electron chi connectivity index (χ3n) is 6.37. The third kappa shape index (κ3) is 6.10. The maximum absolute atomic E-state index is 13.8. The van der Waals surface area contributed by atoms with Crippen LogP contribution < -0.4 is 21.7 Å². The van der Waals surface area contributed by atoms with Crippen LogP contribution >= 0.6 is 0 Å². The van der Waals surface area contributed by atoms with Crippen LogP contribution in [-0.2, 0) is 9.59 Å². The van der Waals surface area contributed by atoms with E-state index < -0.39 is 35.3 Å². The molecule has 4 aromatic rings. The predicted molar refractivity (Wildman–Crippen MR) is 146 cm³/mol. The Balaban J connectivity index is 1.62. The van der Waals surface area contributed by atoms with Gasteiger partial charge in [-0.15, -0.1) is 0 Å². The normalized spacial score (nSPS) is 12.3. The number of primary amides is 1. The minimum atomic E-state index is -1.33. The number of para-hydroxylation sites is 2. The molecule has 39 heavy (non-hydrogen) atoms. The number of amides is 3. The molecule has 7 nitrogen and oxygen atoms in total. The van der Waals surface area contributed by atoms with E-state index in [1.54, 1.807) is 55.5 Å². The number of rotatable bonds is 8. The van der Waals surface area contributed by atoms with Gasteiger partial charge in [-0.2, -0.15) is 0 Å². The summed E-state index contributed by atoms with van der Waals surface area (Å²) >= 11 is 0. The fraction of sp³-hybridized carbons (Fsp3) is 0.100. The summed E-state index contributed by atoms with van der Waals surface area (Å²) in [5.74, 6) is -4.97. The number of anilines is 4. The Hall–Kier alpha value is -5.05. The lowest BCUT2D eigenvalue weighted by Gasteiger charge is -2.29. The Morgan fingerprint density at radius 2 is 1.28 bits per heavy atom. The molecule has 0 fully saturated rings. The molecule has 0 radical (unpaired) electrons. The lowest BCUT2D eigenvalue weighted by atomic mass is 9.85.